The van der Waals surface area contributed by atoms with Gasteiger partial charge in [0.25, 0.3) is 0 Å². The Kier molecular flexibility index (Phi) is 3.94. The van der Waals surface area contributed by atoms with Gasteiger partial charge in [0, 0.05) is 14.1 Å². The molecule has 0 unspecified atom stereocenters. The van der Waals surface area contributed by atoms with Crippen LogP contribution in [0.4, 0.5) is 17.1 Å². The number of nitrogens with zero attached hydrogens (tertiary/aromatic N) is 1. The first kappa shape index (κ1) is 13.9. The van der Waals surface area contributed by atoms with Gasteiger partial charge in [-0.15, -0.1) is 0 Å². The Balaban J connectivity index is 2.45. The van der Waals surface area contributed by atoms with Crippen LogP contribution < -0.4 is 10.2 Å². The summed E-state index contributed by atoms with van der Waals surface area (Å²) in [4.78, 5) is 13.3. The van der Waals surface area contributed by atoms with E-state index in [9.17, 15) is 9.90 Å². The number of aromatic carboxylic acids is 1. The molecule has 104 valence electrons. The van der Waals surface area contributed by atoms with Gasteiger partial charge in [-0.25, -0.2) is 4.79 Å². The first-order valence-corrected chi connectivity index (χ1v) is 6.36. The molecule has 0 bridgehead atoms. The Morgan fingerprint density at radius 3 is 2.45 bits per heavy atom. The maximum atomic E-state index is 11.3. The lowest BCUT2D eigenvalue weighted by atomic mass is 10.1. The topological polar surface area (TPSA) is 52.6 Å². The highest BCUT2D eigenvalue weighted by atomic mass is 16.4. The molecule has 20 heavy (non-hydrogen) atoms. The number of anilines is 3. The lowest BCUT2D eigenvalue weighted by Gasteiger charge is -2.19. The molecular weight excluding hydrogens is 252 g/mol. The lowest BCUT2D eigenvalue weighted by molar-refractivity contribution is 0.0698. The summed E-state index contributed by atoms with van der Waals surface area (Å²) in [6, 6.07) is 13.1. The standard InChI is InChI=1S/C16H18N2O2/c1-11-8-9-12(16(19)20)14(10-11)17-13-6-4-5-7-15(13)18(2)3/h4-10,17H,1-3H3,(H,19,20). The van der Waals surface area contributed by atoms with Crippen molar-refractivity contribution in [1.82, 2.24) is 0 Å². The van der Waals surface area contributed by atoms with Gasteiger partial charge in [0.05, 0.1) is 22.6 Å². The second kappa shape index (κ2) is 5.65. The van der Waals surface area contributed by atoms with Crippen LogP contribution >= 0.6 is 0 Å². The normalized spacial score (nSPS) is 10.2. The second-order valence-corrected chi connectivity index (χ2v) is 4.89. The van der Waals surface area contributed by atoms with Crippen molar-refractivity contribution < 1.29 is 9.90 Å². The zero-order valence-corrected chi connectivity index (χ0v) is 11.8. The molecule has 0 aromatic heterocycles. The highest BCUT2D eigenvalue weighted by molar-refractivity contribution is 5.96. The molecule has 4 heteroatoms. The van der Waals surface area contributed by atoms with Crippen molar-refractivity contribution in [3.05, 3.63) is 53.6 Å². The molecule has 2 rings (SSSR count). The highest BCUT2D eigenvalue weighted by Crippen LogP contribution is 2.29. The van der Waals surface area contributed by atoms with Crippen molar-refractivity contribution in [1.29, 1.82) is 0 Å². The number of aryl methyl sites for hydroxylation is 1. The van der Waals surface area contributed by atoms with E-state index in [2.05, 4.69) is 5.32 Å². The summed E-state index contributed by atoms with van der Waals surface area (Å²) in [5.41, 5.74) is 3.77. The number of nitrogens with one attached hydrogen (secondary N) is 1. The van der Waals surface area contributed by atoms with E-state index in [4.69, 9.17) is 0 Å². The molecule has 0 fully saturated rings. The van der Waals surface area contributed by atoms with Gasteiger partial charge in [-0.3, -0.25) is 0 Å². The molecule has 2 N–H and O–H groups in total. The van der Waals surface area contributed by atoms with E-state index in [-0.39, 0.29) is 5.56 Å². The van der Waals surface area contributed by atoms with Crippen LogP contribution in [0.5, 0.6) is 0 Å². The van der Waals surface area contributed by atoms with Crippen LogP contribution in [-0.4, -0.2) is 25.2 Å². The third-order valence-corrected chi connectivity index (χ3v) is 3.06. The van der Waals surface area contributed by atoms with Crippen LogP contribution in [0.3, 0.4) is 0 Å². The Bertz CT molecular complexity index is 636. The zero-order valence-electron chi connectivity index (χ0n) is 11.8. The fraction of sp³-hybridized carbons (Fsp3) is 0.188. The first-order valence-electron chi connectivity index (χ1n) is 6.36. The third-order valence-electron chi connectivity index (χ3n) is 3.06. The van der Waals surface area contributed by atoms with Gasteiger partial charge in [0.15, 0.2) is 0 Å². The van der Waals surface area contributed by atoms with Gasteiger partial charge >= 0.3 is 5.97 Å². The van der Waals surface area contributed by atoms with E-state index in [0.717, 1.165) is 16.9 Å². The van der Waals surface area contributed by atoms with E-state index in [1.54, 1.807) is 12.1 Å². The zero-order chi connectivity index (χ0) is 14.7. The highest BCUT2D eigenvalue weighted by Gasteiger charge is 2.12. The van der Waals surface area contributed by atoms with Crippen molar-refractivity contribution in [3.63, 3.8) is 0 Å². The second-order valence-electron chi connectivity index (χ2n) is 4.89. The molecule has 0 saturated heterocycles. The molecule has 0 radical (unpaired) electrons. The summed E-state index contributed by atoms with van der Waals surface area (Å²) in [5.74, 6) is -0.935. The first-order chi connectivity index (χ1) is 9.49. The van der Waals surface area contributed by atoms with Gasteiger partial charge in [0.1, 0.15) is 0 Å². The van der Waals surface area contributed by atoms with Crippen molar-refractivity contribution in [2.24, 2.45) is 0 Å². The van der Waals surface area contributed by atoms with Crippen LogP contribution in [0.2, 0.25) is 0 Å². The van der Waals surface area contributed by atoms with Crippen LogP contribution in [0.25, 0.3) is 0 Å². The third kappa shape index (κ3) is 2.91. The van der Waals surface area contributed by atoms with E-state index < -0.39 is 5.97 Å². The number of carboxylic acids is 1. The van der Waals surface area contributed by atoms with E-state index in [1.165, 1.54) is 0 Å². The minimum absolute atomic E-state index is 0.268. The summed E-state index contributed by atoms with van der Waals surface area (Å²) < 4.78 is 0. The number of carbonyl (C=O) groups is 1. The smallest absolute Gasteiger partial charge is 0.337 e. The number of para-hydroxylation sites is 2. The minimum atomic E-state index is -0.935. The van der Waals surface area contributed by atoms with Gasteiger partial charge in [-0.1, -0.05) is 18.2 Å². The minimum Gasteiger partial charge on any atom is -0.478 e. The average molecular weight is 270 g/mol. The van der Waals surface area contributed by atoms with Gasteiger partial charge in [0.2, 0.25) is 0 Å². The average Bonchev–Trinajstić information content (AvgIpc) is 2.38. The SMILES string of the molecule is Cc1ccc(C(=O)O)c(Nc2ccccc2N(C)C)c1. The van der Waals surface area contributed by atoms with Crippen LogP contribution in [-0.2, 0) is 0 Å². The number of carboxylic acid groups (broad SMARTS) is 1. The summed E-state index contributed by atoms with van der Waals surface area (Å²) in [5, 5.41) is 12.5. The Labute approximate surface area is 118 Å². The largest absolute Gasteiger partial charge is 0.478 e. The molecule has 2 aromatic rings. The molecule has 0 amide bonds. The maximum absolute atomic E-state index is 11.3. The van der Waals surface area contributed by atoms with Gasteiger partial charge in [-0.2, -0.15) is 0 Å². The van der Waals surface area contributed by atoms with Crippen molar-refractivity contribution in [3.8, 4) is 0 Å². The Hall–Kier alpha value is -2.49. The molecule has 0 heterocycles. The summed E-state index contributed by atoms with van der Waals surface area (Å²) in [6.45, 7) is 1.94. The predicted molar refractivity (Wildman–Crippen MR) is 82.2 cm³/mol. The number of hydrogen-bond acceptors (Lipinski definition) is 3. The van der Waals surface area contributed by atoms with Crippen LogP contribution in [0, 0.1) is 6.92 Å². The fourth-order valence-electron chi connectivity index (χ4n) is 2.06. The van der Waals surface area contributed by atoms with Crippen LogP contribution in [0.1, 0.15) is 15.9 Å². The molecule has 0 aliphatic carbocycles. The molecule has 4 nitrogen and oxygen atoms in total. The number of benzene rings is 2. The fourth-order valence-corrected chi connectivity index (χ4v) is 2.06. The molecule has 0 aliphatic heterocycles. The van der Waals surface area contributed by atoms with Crippen molar-refractivity contribution in [2.75, 3.05) is 24.3 Å². The van der Waals surface area contributed by atoms with Gasteiger partial charge in [-0.05, 0) is 36.8 Å². The molecule has 0 aliphatic rings. The summed E-state index contributed by atoms with van der Waals surface area (Å²) >= 11 is 0. The van der Waals surface area contributed by atoms with E-state index >= 15 is 0 Å². The predicted octanol–water partition coefficient (Wildman–Crippen LogP) is 3.50. The van der Waals surface area contributed by atoms with Crippen molar-refractivity contribution in [2.45, 2.75) is 6.92 Å². The maximum Gasteiger partial charge on any atom is 0.337 e. The molecule has 0 spiro atoms. The number of hydrogen-bond donors (Lipinski definition) is 2. The summed E-state index contributed by atoms with van der Waals surface area (Å²) in [7, 11) is 3.91. The van der Waals surface area contributed by atoms with E-state index in [1.807, 2.05) is 56.3 Å². The lowest BCUT2D eigenvalue weighted by Crippen LogP contribution is -2.11. The molecular formula is C16H18N2O2. The van der Waals surface area contributed by atoms with Crippen LogP contribution in [0.15, 0.2) is 42.5 Å². The Morgan fingerprint density at radius 2 is 1.80 bits per heavy atom. The van der Waals surface area contributed by atoms with E-state index in [0.29, 0.717) is 5.69 Å². The molecule has 0 saturated carbocycles. The Morgan fingerprint density at radius 1 is 1.10 bits per heavy atom. The molecule has 0 atom stereocenters. The monoisotopic (exact) mass is 270 g/mol. The summed E-state index contributed by atoms with van der Waals surface area (Å²) in [6.07, 6.45) is 0. The molecule has 2 aromatic carbocycles. The van der Waals surface area contributed by atoms with Gasteiger partial charge < -0.3 is 15.3 Å². The van der Waals surface area contributed by atoms with Crippen molar-refractivity contribution >= 4 is 23.0 Å². The number of rotatable bonds is 4. The quantitative estimate of drug-likeness (QED) is 0.892.